The zero-order chi connectivity index (χ0) is 19.6. The Morgan fingerprint density at radius 3 is 2.15 bits per heavy atom. The van der Waals surface area contributed by atoms with Crippen LogP contribution in [0.1, 0.15) is 30.0 Å². The molecule has 1 aliphatic heterocycles. The van der Waals surface area contributed by atoms with Gasteiger partial charge in [-0.05, 0) is 67.6 Å². The minimum atomic E-state index is -0.751. The van der Waals surface area contributed by atoms with Gasteiger partial charge in [0.2, 0.25) is 5.91 Å². The Kier molecular flexibility index (Phi) is 5.26. The minimum absolute atomic E-state index is 0.0352. The molecule has 6 nitrogen and oxygen atoms in total. The third-order valence-corrected chi connectivity index (χ3v) is 4.53. The third-order valence-electron chi connectivity index (χ3n) is 4.53. The van der Waals surface area contributed by atoms with Crippen LogP contribution < -0.4 is 15.5 Å². The first-order valence-electron chi connectivity index (χ1n) is 8.95. The van der Waals surface area contributed by atoms with Gasteiger partial charge in [-0.3, -0.25) is 14.4 Å². The number of carbonyl (C=O) groups is 3. The van der Waals surface area contributed by atoms with Gasteiger partial charge >= 0.3 is 11.8 Å². The molecule has 2 aromatic rings. The lowest BCUT2D eigenvalue weighted by Gasteiger charge is -2.29. The van der Waals surface area contributed by atoms with E-state index < -0.39 is 11.8 Å². The predicted molar refractivity (Wildman–Crippen MR) is 106 cm³/mol. The molecule has 0 bridgehead atoms. The van der Waals surface area contributed by atoms with E-state index in [4.69, 9.17) is 0 Å². The van der Waals surface area contributed by atoms with Crippen molar-refractivity contribution in [3.05, 3.63) is 53.1 Å². The van der Waals surface area contributed by atoms with Crippen LogP contribution in [0.15, 0.2) is 36.4 Å². The number of hydrogen-bond acceptors (Lipinski definition) is 3. The smallest absolute Gasteiger partial charge is 0.314 e. The highest BCUT2D eigenvalue weighted by molar-refractivity contribution is 6.43. The summed E-state index contributed by atoms with van der Waals surface area (Å²) in [5.74, 6) is -1.52. The molecule has 6 heteroatoms. The molecule has 1 aliphatic rings. The van der Waals surface area contributed by atoms with Gasteiger partial charge in [-0.25, -0.2) is 0 Å². The highest BCUT2D eigenvalue weighted by Crippen LogP contribution is 2.30. The van der Waals surface area contributed by atoms with Gasteiger partial charge < -0.3 is 15.5 Å². The lowest BCUT2D eigenvalue weighted by atomic mass is 10.0. The predicted octanol–water partition coefficient (Wildman–Crippen LogP) is 3.18. The van der Waals surface area contributed by atoms with Gasteiger partial charge in [-0.15, -0.1) is 0 Å². The lowest BCUT2D eigenvalue weighted by molar-refractivity contribution is -0.132. The van der Waals surface area contributed by atoms with Crippen LogP contribution >= 0.6 is 0 Å². The second-order valence-electron chi connectivity index (χ2n) is 6.90. The maximum absolute atomic E-state index is 12.3. The van der Waals surface area contributed by atoms with Crippen molar-refractivity contribution >= 4 is 34.8 Å². The average Bonchev–Trinajstić information content (AvgIpc) is 2.60. The number of benzene rings is 2. The summed E-state index contributed by atoms with van der Waals surface area (Å²) in [6.07, 6.45) is 1.80. The molecule has 0 radical (unpaired) electrons. The van der Waals surface area contributed by atoms with Crippen molar-refractivity contribution in [3.63, 3.8) is 0 Å². The van der Waals surface area contributed by atoms with Crippen molar-refractivity contribution in [1.82, 2.24) is 0 Å². The fourth-order valence-corrected chi connectivity index (χ4v) is 3.40. The van der Waals surface area contributed by atoms with Gasteiger partial charge in [0, 0.05) is 30.5 Å². The quantitative estimate of drug-likeness (QED) is 0.803. The zero-order valence-corrected chi connectivity index (χ0v) is 15.8. The fourth-order valence-electron chi connectivity index (χ4n) is 3.40. The van der Waals surface area contributed by atoms with Crippen LogP contribution in [0.3, 0.4) is 0 Å². The molecule has 0 saturated heterocycles. The van der Waals surface area contributed by atoms with Crippen molar-refractivity contribution in [3.8, 4) is 0 Å². The van der Waals surface area contributed by atoms with Crippen LogP contribution in [0, 0.1) is 13.8 Å². The van der Waals surface area contributed by atoms with Gasteiger partial charge in [0.25, 0.3) is 0 Å². The third kappa shape index (κ3) is 4.34. The van der Waals surface area contributed by atoms with Crippen LogP contribution in [0.4, 0.5) is 17.1 Å². The molecule has 1 heterocycles. The lowest BCUT2D eigenvalue weighted by Crippen LogP contribution is -2.34. The van der Waals surface area contributed by atoms with Crippen LogP contribution in [-0.4, -0.2) is 24.3 Å². The minimum Gasteiger partial charge on any atom is -0.318 e. The topological polar surface area (TPSA) is 78.5 Å². The maximum atomic E-state index is 12.3. The summed E-state index contributed by atoms with van der Waals surface area (Å²) in [7, 11) is 0. The van der Waals surface area contributed by atoms with Crippen molar-refractivity contribution in [2.24, 2.45) is 0 Å². The number of hydrogen-bond donors (Lipinski definition) is 2. The second kappa shape index (κ2) is 7.61. The number of nitrogens with zero attached hydrogens (tertiary/aromatic N) is 1. The standard InChI is InChI=1S/C21H23N3O3/c1-13-9-14(2)11-18(10-13)23-21(27)20(26)22-17-7-6-16-5-4-8-24(15(3)25)19(16)12-17/h6-7,9-12H,4-5,8H2,1-3H3,(H,22,26)(H,23,27). The first-order valence-corrected chi connectivity index (χ1v) is 8.95. The number of carbonyl (C=O) groups excluding carboxylic acids is 3. The molecule has 0 unspecified atom stereocenters. The fraction of sp³-hybridized carbons (Fsp3) is 0.286. The molecular formula is C21H23N3O3. The van der Waals surface area contributed by atoms with E-state index >= 15 is 0 Å². The number of fused-ring (bicyclic) bond motifs is 1. The normalized spacial score (nSPS) is 12.9. The Bertz CT molecular complexity index is 901. The molecule has 0 aliphatic carbocycles. The van der Waals surface area contributed by atoms with Crippen molar-refractivity contribution < 1.29 is 14.4 Å². The number of anilines is 3. The summed E-state index contributed by atoms with van der Waals surface area (Å²) in [5.41, 5.74) is 4.94. The van der Waals surface area contributed by atoms with Crippen molar-refractivity contribution in [2.45, 2.75) is 33.6 Å². The summed E-state index contributed by atoms with van der Waals surface area (Å²) in [4.78, 5) is 38.0. The summed E-state index contributed by atoms with van der Waals surface area (Å²) >= 11 is 0. The highest BCUT2D eigenvalue weighted by Gasteiger charge is 2.21. The molecule has 0 fully saturated rings. The van der Waals surface area contributed by atoms with Gasteiger partial charge in [0.05, 0.1) is 0 Å². The molecular weight excluding hydrogens is 342 g/mol. The molecule has 27 heavy (non-hydrogen) atoms. The molecule has 140 valence electrons. The van der Waals surface area contributed by atoms with Crippen LogP contribution in [-0.2, 0) is 20.8 Å². The molecule has 0 atom stereocenters. The molecule has 2 N–H and O–H groups in total. The molecule has 0 saturated carbocycles. The Balaban J connectivity index is 1.73. The Morgan fingerprint density at radius 2 is 1.52 bits per heavy atom. The number of aryl methyl sites for hydroxylation is 3. The van der Waals surface area contributed by atoms with Crippen LogP contribution in [0.5, 0.6) is 0 Å². The SMILES string of the molecule is CC(=O)N1CCCc2ccc(NC(=O)C(=O)Nc3cc(C)cc(C)c3)cc21. The van der Waals surface area contributed by atoms with E-state index in [9.17, 15) is 14.4 Å². The summed E-state index contributed by atoms with van der Waals surface area (Å²) in [5, 5.41) is 5.23. The summed E-state index contributed by atoms with van der Waals surface area (Å²) < 4.78 is 0. The van der Waals surface area contributed by atoms with Crippen molar-refractivity contribution in [2.75, 3.05) is 22.1 Å². The average molecular weight is 365 g/mol. The highest BCUT2D eigenvalue weighted by atomic mass is 16.2. The largest absolute Gasteiger partial charge is 0.318 e. The summed E-state index contributed by atoms with van der Waals surface area (Å²) in [6.45, 7) is 6.04. The van der Waals surface area contributed by atoms with E-state index in [0.717, 1.165) is 35.2 Å². The molecule has 3 amide bonds. The Labute approximate surface area is 158 Å². The summed E-state index contributed by atoms with van der Waals surface area (Å²) in [6, 6.07) is 11.0. The first-order chi connectivity index (χ1) is 12.8. The Hall–Kier alpha value is -3.15. The van der Waals surface area contributed by atoms with Crippen LogP contribution in [0.2, 0.25) is 0 Å². The number of rotatable bonds is 2. The number of amides is 3. The number of nitrogens with one attached hydrogen (secondary N) is 2. The van der Waals surface area contributed by atoms with E-state index in [1.54, 1.807) is 17.0 Å². The van der Waals surface area contributed by atoms with Gasteiger partial charge in [0.15, 0.2) is 0 Å². The Morgan fingerprint density at radius 1 is 0.889 bits per heavy atom. The monoisotopic (exact) mass is 365 g/mol. The molecule has 2 aromatic carbocycles. The second-order valence-corrected chi connectivity index (χ2v) is 6.90. The molecule has 0 aromatic heterocycles. The van der Waals surface area contributed by atoms with Crippen LogP contribution in [0.25, 0.3) is 0 Å². The van der Waals surface area contributed by atoms with Crippen molar-refractivity contribution in [1.29, 1.82) is 0 Å². The van der Waals surface area contributed by atoms with Gasteiger partial charge in [0.1, 0.15) is 0 Å². The van der Waals surface area contributed by atoms with E-state index in [1.807, 2.05) is 38.1 Å². The van der Waals surface area contributed by atoms with Gasteiger partial charge in [-0.1, -0.05) is 12.1 Å². The maximum Gasteiger partial charge on any atom is 0.314 e. The van der Waals surface area contributed by atoms with E-state index in [2.05, 4.69) is 10.6 Å². The van der Waals surface area contributed by atoms with Gasteiger partial charge in [-0.2, -0.15) is 0 Å². The first kappa shape index (κ1) is 18.6. The molecule has 3 rings (SSSR count). The van der Waals surface area contributed by atoms with E-state index in [0.29, 0.717) is 17.9 Å². The molecule has 0 spiro atoms. The van der Waals surface area contributed by atoms with E-state index in [-0.39, 0.29) is 5.91 Å². The van der Waals surface area contributed by atoms with E-state index in [1.165, 1.54) is 6.92 Å². The zero-order valence-electron chi connectivity index (χ0n) is 15.8.